The molecule has 0 aromatic heterocycles. The number of hydrogen-bond acceptors (Lipinski definition) is 3. The first kappa shape index (κ1) is 13.9. The smallest absolute Gasteiger partial charge is 0.311 e. The molecule has 7 heteroatoms. The van der Waals surface area contributed by atoms with E-state index in [1.165, 1.54) is 6.07 Å². The molecule has 0 amide bonds. The van der Waals surface area contributed by atoms with Gasteiger partial charge in [-0.2, -0.15) is 0 Å². The van der Waals surface area contributed by atoms with Crippen LogP contribution in [0.4, 0.5) is 17.1 Å². The molecule has 0 heterocycles. The lowest BCUT2D eigenvalue weighted by molar-refractivity contribution is -0.383. The molecule has 0 aliphatic heterocycles. The maximum absolute atomic E-state index is 11.0. The molecule has 2 aromatic rings. The number of rotatable bonds is 3. The number of anilines is 2. The zero-order valence-corrected chi connectivity index (χ0v) is 11.6. The molecule has 19 heavy (non-hydrogen) atoms. The summed E-state index contributed by atoms with van der Waals surface area (Å²) in [4.78, 5) is 10.5. The monoisotopic (exact) mass is 316 g/mol. The van der Waals surface area contributed by atoms with Crippen molar-refractivity contribution in [2.24, 2.45) is 0 Å². The van der Waals surface area contributed by atoms with Crippen LogP contribution in [0.2, 0.25) is 15.1 Å². The van der Waals surface area contributed by atoms with Crippen molar-refractivity contribution in [3.63, 3.8) is 0 Å². The predicted octanol–water partition coefficient (Wildman–Crippen LogP) is 5.30. The molecule has 0 bridgehead atoms. The van der Waals surface area contributed by atoms with E-state index < -0.39 is 4.92 Å². The Hall–Kier alpha value is -1.49. The van der Waals surface area contributed by atoms with Crippen molar-refractivity contribution in [3.05, 3.63) is 61.6 Å². The fourth-order valence-corrected chi connectivity index (χ4v) is 2.35. The Bertz CT molecular complexity index is 627. The van der Waals surface area contributed by atoms with E-state index in [-0.39, 0.29) is 16.4 Å². The molecule has 98 valence electrons. The summed E-state index contributed by atoms with van der Waals surface area (Å²) in [7, 11) is 0. The minimum absolute atomic E-state index is 0.0584. The second-order valence-corrected chi connectivity index (χ2v) is 4.96. The summed E-state index contributed by atoms with van der Waals surface area (Å²) < 4.78 is 0. The van der Waals surface area contributed by atoms with Crippen molar-refractivity contribution < 1.29 is 4.92 Å². The Morgan fingerprint density at radius 3 is 2.26 bits per heavy atom. The molecule has 1 N–H and O–H groups in total. The van der Waals surface area contributed by atoms with Crippen molar-refractivity contribution in [3.8, 4) is 0 Å². The molecule has 0 aliphatic rings. The van der Waals surface area contributed by atoms with Gasteiger partial charge in [-0.1, -0.05) is 40.9 Å². The van der Waals surface area contributed by atoms with Gasteiger partial charge in [-0.15, -0.1) is 0 Å². The first-order valence-electron chi connectivity index (χ1n) is 5.13. The number of nitro benzene ring substituents is 1. The van der Waals surface area contributed by atoms with Gasteiger partial charge in [0.05, 0.1) is 4.92 Å². The Labute approximate surface area is 124 Å². The normalized spacial score (nSPS) is 10.3. The summed E-state index contributed by atoms with van der Waals surface area (Å²) in [6.45, 7) is 0. The van der Waals surface area contributed by atoms with Gasteiger partial charge in [0.15, 0.2) is 0 Å². The van der Waals surface area contributed by atoms with Crippen LogP contribution in [0.15, 0.2) is 36.4 Å². The summed E-state index contributed by atoms with van der Waals surface area (Å²) in [5.41, 5.74) is 0.624. The lowest BCUT2D eigenvalue weighted by Gasteiger charge is -2.08. The highest BCUT2D eigenvalue weighted by molar-refractivity contribution is 6.35. The van der Waals surface area contributed by atoms with Gasteiger partial charge >= 0.3 is 5.69 Å². The Morgan fingerprint density at radius 1 is 1.05 bits per heavy atom. The molecule has 0 atom stereocenters. The van der Waals surface area contributed by atoms with Crippen molar-refractivity contribution in [2.45, 2.75) is 0 Å². The largest absolute Gasteiger partial charge is 0.350 e. The molecule has 0 radical (unpaired) electrons. The van der Waals surface area contributed by atoms with E-state index in [9.17, 15) is 10.1 Å². The van der Waals surface area contributed by atoms with Gasteiger partial charge in [0.25, 0.3) is 0 Å². The summed E-state index contributed by atoms with van der Waals surface area (Å²) in [5, 5.41) is 14.8. The number of halogens is 3. The summed E-state index contributed by atoms with van der Waals surface area (Å²) >= 11 is 17.6. The minimum atomic E-state index is -0.545. The summed E-state index contributed by atoms with van der Waals surface area (Å²) in [6.07, 6.45) is 0. The predicted molar refractivity (Wildman–Crippen MR) is 77.9 cm³/mol. The maximum Gasteiger partial charge on any atom is 0.311 e. The lowest BCUT2D eigenvalue weighted by Crippen LogP contribution is -1.97. The van der Waals surface area contributed by atoms with Crippen LogP contribution in [0, 0.1) is 10.1 Å². The molecule has 0 unspecified atom stereocenters. The van der Waals surface area contributed by atoms with Gasteiger partial charge in [-0.25, -0.2) is 0 Å². The number of nitrogens with one attached hydrogen (secondary N) is 1. The second-order valence-electron chi connectivity index (χ2n) is 3.68. The zero-order chi connectivity index (χ0) is 14.0. The molecule has 4 nitrogen and oxygen atoms in total. The van der Waals surface area contributed by atoms with Crippen molar-refractivity contribution >= 4 is 51.9 Å². The van der Waals surface area contributed by atoms with Crippen LogP contribution in [0.3, 0.4) is 0 Å². The molecule has 0 saturated heterocycles. The molecule has 0 aliphatic carbocycles. The van der Waals surface area contributed by atoms with Gasteiger partial charge in [0, 0.05) is 15.7 Å². The highest BCUT2D eigenvalue weighted by atomic mass is 35.5. The molecular formula is C12H7Cl3N2O2. The van der Waals surface area contributed by atoms with Crippen LogP contribution in [-0.4, -0.2) is 4.92 Å². The zero-order valence-electron chi connectivity index (χ0n) is 9.36. The van der Waals surface area contributed by atoms with E-state index in [2.05, 4.69) is 5.32 Å². The van der Waals surface area contributed by atoms with E-state index in [0.717, 1.165) is 0 Å². The van der Waals surface area contributed by atoms with Crippen molar-refractivity contribution in [1.82, 2.24) is 0 Å². The lowest BCUT2D eigenvalue weighted by atomic mass is 10.2. The first-order chi connectivity index (χ1) is 8.97. The van der Waals surface area contributed by atoms with Gasteiger partial charge in [-0.05, 0) is 30.3 Å². The fraction of sp³-hybridized carbons (Fsp3) is 0. The van der Waals surface area contributed by atoms with Crippen LogP contribution < -0.4 is 5.32 Å². The van der Waals surface area contributed by atoms with Crippen LogP contribution in [0.25, 0.3) is 0 Å². The van der Waals surface area contributed by atoms with Crippen molar-refractivity contribution in [2.75, 3.05) is 5.32 Å². The van der Waals surface area contributed by atoms with E-state index >= 15 is 0 Å². The average molecular weight is 318 g/mol. The third-order valence-corrected chi connectivity index (χ3v) is 3.05. The third-order valence-electron chi connectivity index (χ3n) is 2.31. The average Bonchev–Trinajstić information content (AvgIpc) is 2.26. The van der Waals surface area contributed by atoms with Crippen LogP contribution in [0.5, 0.6) is 0 Å². The Balaban J connectivity index is 2.43. The minimum Gasteiger partial charge on any atom is -0.350 e. The summed E-state index contributed by atoms with van der Waals surface area (Å²) in [5.74, 6) is 0. The van der Waals surface area contributed by atoms with E-state index in [4.69, 9.17) is 34.8 Å². The molecule has 2 rings (SSSR count). The molecule has 0 spiro atoms. The highest BCUT2D eigenvalue weighted by Crippen LogP contribution is 2.35. The molecule has 2 aromatic carbocycles. The van der Waals surface area contributed by atoms with E-state index in [1.54, 1.807) is 30.3 Å². The number of para-hydroxylation sites is 1. The SMILES string of the molecule is O=[N+]([O-])c1c(Cl)cccc1Nc1cc(Cl)cc(Cl)c1. The molecule has 0 fully saturated rings. The molecule has 0 saturated carbocycles. The van der Waals surface area contributed by atoms with Crippen LogP contribution in [0.1, 0.15) is 0 Å². The topological polar surface area (TPSA) is 55.2 Å². The summed E-state index contributed by atoms with van der Waals surface area (Å²) in [6, 6.07) is 9.41. The van der Waals surface area contributed by atoms with E-state index in [1.807, 2.05) is 0 Å². The fourth-order valence-electron chi connectivity index (χ4n) is 1.58. The second kappa shape index (κ2) is 5.65. The van der Waals surface area contributed by atoms with Crippen molar-refractivity contribution in [1.29, 1.82) is 0 Å². The van der Waals surface area contributed by atoms with Gasteiger partial charge in [-0.3, -0.25) is 10.1 Å². The van der Waals surface area contributed by atoms with Gasteiger partial charge < -0.3 is 5.32 Å². The Morgan fingerprint density at radius 2 is 1.68 bits per heavy atom. The Kier molecular flexibility index (Phi) is 4.14. The highest BCUT2D eigenvalue weighted by Gasteiger charge is 2.18. The standard InChI is InChI=1S/C12H7Cl3N2O2/c13-7-4-8(14)6-9(5-7)16-11-3-1-2-10(15)12(11)17(18)19/h1-6,16H. The maximum atomic E-state index is 11.0. The number of nitro groups is 1. The first-order valence-corrected chi connectivity index (χ1v) is 6.27. The number of nitrogens with zero attached hydrogens (tertiary/aromatic N) is 1. The van der Waals surface area contributed by atoms with Crippen LogP contribution in [-0.2, 0) is 0 Å². The molecular weight excluding hydrogens is 311 g/mol. The number of benzene rings is 2. The van der Waals surface area contributed by atoms with E-state index in [0.29, 0.717) is 15.7 Å². The third kappa shape index (κ3) is 3.29. The quantitative estimate of drug-likeness (QED) is 0.617. The number of hydrogen-bond donors (Lipinski definition) is 1. The van der Waals surface area contributed by atoms with Crippen LogP contribution >= 0.6 is 34.8 Å². The van der Waals surface area contributed by atoms with Gasteiger partial charge in [0.1, 0.15) is 10.7 Å². The van der Waals surface area contributed by atoms with Gasteiger partial charge in [0.2, 0.25) is 0 Å².